The lowest BCUT2D eigenvalue weighted by Gasteiger charge is -2.23. The zero-order chi connectivity index (χ0) is 24.9. The van der Waals surface area contributed by atoms with E-state index >= 15 is 0 Å². The van der Waals surface area contributed by atoms with Gasteiger partial charge in [-0.15, -0.1) is 0 Å². The van der Waals surface area contributed by atoms with E-state index in [4.69, 9.17) is 0 Å². The first-order chi connectivity index (χ1) is 16.1. The fraction of sp³-hybridized carbons (Fsp3) is 0.160. The van der Waals surface area contributed by atoms with Crippen LogP contribution in [0, 0.1) is 13.8 Å². The first-order valence-electron chi connectivity index (χ1n) is 10.4. The molecule has 1 amide bonds. The van der Waals surface area contributed by atoms with Crippen molar-refractivity contribution in [3.05, 3.63) is 100 Å². The van der Waals surface area contributed by atoms with Crippen LogP contribution in [0.5, 0.6) is 0 Å². The van der Waals surface area contributed by atoms with Crippen LogP contribution < -0.4 is 9.73 Å². The van der Waals surface area contributed by atoms with Crippen LogP contribution in [0.2, 0.25) is 0 Å². The zero-order valence-electron chi connectivity index (χ0n) is 19.0. The van der Waals surface area contributed by atoms with Crippen molar-refractivity contribution in [3.63, 3.8) is 0 Å². The van der Waals surface area contributed by atoms with E-state index in [2.05, 4.69) is 10.5 Å². The monoisotopic (exact) mass is 479 g/mol. The number of carboxylic acid groups (broad SMARTS) is 1. The number of nitrogens with zero attached hydrogens (tertiary/aromatic N) is 2. The van der Waals surface area contributed by atoms with E-state index in [-0.39, 0.29) is 12.1 Å². The van der Waals surface area contributed by atoms with Crippen LogP contribution in [0.4, 0.5) is 5.69 Å². The molecule has 0 spiro atoms. The first-order valence-corrected chi connectivity index (χ1v) is 12.2. The topological polar surface area (TPSA) is 116 Å². The molecule has 2 N–H and O–H groups in total. The molecule has 0 aromatic heterocycles. The molecule has 0 aliphatic carbocycles. The largest absolute Gasteiger partial charge is 0.478 e. The van der Waals surface area contributed by atoms with Crippen molar-refractivity contribution < 1.29 is 23.1 Å². The quantitative estimate of drug-likeness (QED) is 0.377. The van der Waals surface area contributed by atoms with E-state index in [1.165, 1.54) is 16.6 Å². The molecule has 0 aliphatic rings. The van der Waals surface area contributed by atoms with Crippen molar-refractivity contribution >= 4 is 33.8 Å². The number of sulfonamides is 1. The van der Waals surface area contributed by atoms with Crippen LogP contribution in [-0.2, 0) is 16.6 Å². The number of aromatic carboxylic acids is 1. The number of hydrazone groups is 1. The van der Waals surface area contributed by atoms with E-state index in [1.54, 1.807) is 48.5 Å². The molecule has 176 valence electrons. The molecule has 0 heterocycles. The molecule has 0 radical (unpaired) electrons. The lowest BCUT2D eigenvalue weighted by atomic mass is 10.1. The summed E-state index contributed by atoms with van der Waals surface area (Å²) in [5, 5.41) is 13.0. The third kappa shape index (κ3) is 6.08. The number of amides is 1. The smallest absolute Gasteiger partial charge is 0.336 e. The summed E-state index contributed by atoms with van der Waals surface area (Å²) in [5.74, 6) is -1.57. The molecular formula is C25H25N3O5S. The maximum absolute atomic E-state index is 12.4. The van der Waals surface area contributed by atoms with Gasteiger partial charge in [0.05, 0.1) is 30.3 Å². The van der Waals surface area contributed by atoms with Gasteiger partial charge in [0.1, 0.15) is 0 Å². The van der Waals surface area contributed by atoms with Gasteiger partial charge in [-0.3, -0.25) is 9.10 Å². The summed E-state index contributed by atoms with van der Waals surface area (Å²) in [5.41, 5.74) is 6.46. The van der Waals surface area contributed by atoms with Gasteiger partial charge in [0.25, 0.3) is 5.91 Å². The van der Waals surface area contributed by atoms with Crippen molar-refractivity contribution in [1.82, 2.24) is 5.43 Å². The minimum absolute atomic E-state index is 0.0732. The number of anilines is 1. The highest BCUT2D eigenvalue weighted by atomic mass is 32.2. The SMILES string of the molecule is Cc1ccc(N(Cc2ccc(C(=O)N/N=C/c3ccccc3C(=O)O)cc2)S(C)(=O)=O)cc1C. The Labute approximate surface area is 198 Å². The zero-order valence-corrected chi connectivity index (χ0v) is 19.8. The second kappa shape index (κ2) is 10.3. The van der Waals surface area contributed by atoms with Gasteiger partial charge in [-0.25, -0.2) is 18.6 Å². The fourth-order valence-electron chi connectivity index (χ4n) is 3.24. The minimum Gasteiger partial charge on any atom is -0.478 e. The Balaban J connectivity index is 1.72. The molecular weight excluding hydrogens is 454 g/mol. The summed E-state index contributed by atoms with van der Waals surface area (Å²) in [4.78, 5) is 23.6. The third-order valence-corrected chi connectivity index (χ3v) is 6.42. The summed E-state index contributed by atoms with van der Waals surface area (Å²) in [6.45, 7) is 4.01. The summed E-state index contributed by atoms with van der Waals surface area (Å²) >= 11 is 0. The summed E-state index contributed by atoms with van der Waals surface area (Å²) < 4.78 is 26.2. The molecule has 34 heavy (non-hydrogen) atoms. The van der Waals surface area contributed by atoms with Crippen molar-refractivity contribution in [2.45, 2.75) is 20.4 Å². The second-order valence-electron chi connectivity index (χ2n) is 7.83. The van der Waals surface area contributed by atoms with Crippen LogP contribution >= 0.6 is 0 Å². The summed E-state index contributed by atoms with van der Waals surface area (Å²) in [6.07, 6.45) is 2.42. The first kappa shape index (κ1) is 24.7. The molecule has 9 heteroatoms. The number of carbonyl (C=O) groups is 2. The van der Waals surface area contributed by atoms with Crippen LogP contribution in [-0.4, -0.2) is 37.9 Å². The van der Waals surface area contributed by atoms with E-state index in [0.29, 0.717) is 22.4 Å². The van der Waals surface area contributed by atoms with Gasteiger partial charge in [-0.2, -0.15) is 5.10 Å². The Bertz CT molecular complexity index is 1350. The average molecular weight is 480 g/mol. The van der Waals surface area contributed by atoms with E-state index < -0.39 is 21.9 Å². The van der Waals surface area contributed by atoms with Crippen molar-refractivity contribution in [2.24, 2.45) is 5.10 Å². The molecule has 3 rings (SSSR count). The van der Waals surface area contributed by atoms with Gasteiger partial charge in [0, 0.05) is 11.1 Å². The molecule has 3 aromatic rings. The predicted octanol–water partition coefficient (Wildman–Crippen LogP) is 3.73. The van der Waals surface area contributed by atoms with Crippen LogP contribution in [0.15, 0.2) is 71.8 Å². The number of carboxylic acids is 1. The van der Waals surface area contributed by atoms with Crippen LogP contribution in [0.1, 0.15) is 43.0 Å². The van der Waals surface area contributed by atoms with E-state index in [0.717, 1.165) is 17.4 Å². The van der Waals surface area contributed by atoms with E-state index in [1.807, 2.05) is 26.0 Å². The molecule has 0 fully saturated rings. The van der Waals surface area contributed by atoms with Crippen molar-refractivity contribution in [1.29, 1.82) is 0 Å². The van der Waals surface area contributed by atoms with Crippen molar-refractivity contribution in [3.8, 4) is 0 Å². The van der Waals surface area contributed by atoms with Gasteiger partial charge >= 0.3 is 5.97 Å². The summed E-state index contributed by atoms with van der Waals surface area (Å²) in [6, 6.07) is 18.3. The second-order valence-corrected chi connectivity index (χ2v) is 9.73. The van der Waals surface area contributed by atoms with Gasteiger partial charge in [0.2, 0.25) is 10.0 Å². The fourth-order valence-corrected chi connectivity index (χ4v) is 4.12. The summed E-state index contributed by atoms with van der Waals surface area (Å²) in [7, 11) is -3.53. The number of rotatable bonds is 8. The maximum Gasteiger partial charge on any atom is 0.336 e. The molecule has 0 bridgehead atoms. The Morgan fingerprint density at radius 2 is 1.68 bits per heavy atom. The molecule has 0 saturated heterocycles. The van der Waals surface area contributed by atoms with Gasteiger partial charge < -0.3 is 5.11 Å². The van der Waals surface area contributed by atoms with E-state index in [9.17, 15) is 23.1 Å². The standard InChI is InChI=1S/C25H25N3O5S/c1-17-8-13-22(14-18(17)2)28(34(3,32)33)16-19-9-11-20(12-10-19)24(29)27-26-15-21-6-4-5-7-23(21)25(30)31/h4-15H,16H2,1-3H3,(H,27,29)(H,30,31)/b26-15+. The van der Waals surface area contributed by atoms with Gasteiger partial charge in [-0.1, -0.05) is 36.4 Å². The maximum atomic E-state index is 12.4. The number of carbonyl (C=O) groups excluding carboxylic acids is 1. The highest BCUT2D eigenvalue weighted by molar-refractivity contribution is 7.92. The molecule has 3 aromatic carbocycles. The van der Waals surface area contributed by atoms with Crippen LogP contribution in [0.3, 0.4) is 0 Å². The molecule has 0 aliphatic heterocycles. The molecule has 0 atom stereocenters. The third-order valence-electron chi connectivity index (χ3n) is 5.28. The molecule has 8 nitrogen and oxygen atoms in total. The Hall–Kier alpha value is -3.98. The highest BCUT2D eigenvalue weighted by Gasteiger charge is 2.18. The predicted molar refractivity (Wildman–Crippen MR) is 132 cm³/mol. The highest BCUT2D eigenvalue weighted by Crippen LogP contribution is 2.23. The molecule has 0 unspecified atom stereocenters. The number of hydrogen-bond acceptors (Lipinski definition) is 5. The number of benzene rings is 3. The lowest BCUT2D eigenvalue weighted by Crippen LogP contribution is -2.29. The number of nitrogens with one attached hydrogen (secondary N) is 1. The Morgan fingerprint density at radius 1 is 1.00 bits per heavy atom. The van der Waals surface area contributed by atoms with Gasteiger partial charge in [-0.05, 0) is 60.9 Å². The Morgan fingerprint density at radius 3 is 2.29 bits per heavy atom. The number of hydrogen-bond donors (Lipinski definition) is 2. The average Bonchev–Trinajstić information content (AvgIpc) is 2.79. The lowest BCUT2D eigenvalue weighted by molar-refractivity contribution is 0.0696. The van der Waals surface area contributed by atoms with Crippen molar-refractivity contribution in [2.75, 3.05) is 10.6 Å². The normalized spacial score (nSPS) is 11.4. The minimum atomic E-state index is -3.53. The van der Waals surface area contributed by atoms with Gasteiger partial charge in [0.15, 0.2) is 0 Å². The number of aryl methyl sites for hydroxylation is 2. The Kier molecular flexibility index (Phi) is 7.47. The van der Waals surface area contributed by atoms with Crippen LogP contribution in [0.25, 0.3) is 0 Å². The molecule has 0 saturated carbocycles.